The summed E-state index contributed by atoms with van der Waals surface area (Å²) >= 11 is 0. The monoisotopic (exact) mass is 340 g/mol. The molecular weight excluding hydrogens is 300 g/mol. The first-order valence-corrected chi connectivity index (χ1v) is 12.1. The highest BCUT2D eigenvalue weighted by Gasteiger charge is 2.70. The first kappa shape index (κ1) is 16.0. The Hall–Kier alpha value is 0. The lowest BCUT2D eigenvalue weighted by molar-refractivity contribution is -0.189. The van der Waals surface area contributed by atoms with Crippen LogP contribution >= 0.6 is 0 Å². The lowest BCUT2D eigenvalue weighted by Gasteiger charge is -2.68. The Kier molecular flexibility index (Phi) is 3.25. The van der Waals surface area contributed by atoms with Crippen molar-refractivity contribution >= 4 is 0 Å². The van der Waals surface area contributed by atoms with E-state index in [-0.39, 0.29) is 0 Å². The van der Waals surface area contributed by atoms with Gasteiger partial charge in [0.2, 0.25) is 0 Å². The molecule has 0 radical (unpaired) electrons. The maximum absolute atomic E-state index is 2.68. The second kappa shape index (κ2) is 5.08. The van der Waals surface area contributed by atoms with Gasteiger partial charge in [0.1, 0.15) is 0 Å². The van der Waals surface area contributed by atoms with Crippen molar-refractivity contribution < 1.29 is 0 Å². The molecule has 6 saturated carbocycles. The van der Waals surface area contributed by atoms with Crippen LogP contribution in [0.2, 0.25) is 0 Å². The molecule has 6 aliphatic rings. The molecular formula is C25H40. The van der Waals surface area contributed by atoms with Crippen LogP contribution in [0.5, 0.6) is 0 Å². The quantitative estimate of drug-likeness (QED) is 0.436. The van der Waals surface area contributed by atoms with Crippen LogP contribution in [-0.4, -0.2) is 0 Å². The Labute approximate surface area is 155 Å². The highest BCUT2D eigenvalue weighted by molar-refractivity contribution is 5.19. The Morgan fingerprint density at radius 2 is 1.60 bits per heavy atom. The molecule has 0 aromatic heterocycles. The van der Waals surface area contributed by atoms with E-state index < -0.39 is 0 Å². The molecule has 0 N–H and O–H groups in total. The van der Waals surface area contributed by atoms with Gasteiger partial charge in [-0.3, -0.25) is 0 Å². The van der Waals surface area contributed by atoms with Crippen molar-refractivity contribution in [2.75, 3.05) is 0 Å². The molecule has 0 heteroatoms. The van der Waals surface area contributed by atoms with Crippen LogP contribution in [0, 0.1) is 51.8 Å². The van der Waals surface area contributed by atoms with Crippen molar-refractivity contribution in [2.45, 2.75) is 104 Å². The predicted molar refractivity (Wildman–Crippen MR) is 104 cm³/mol. The van der Waals surface area contributed by atoms with Crippen LogP contribution < -0.4 is 0 Å². The van der Waals surface area contributed by atoms with Crippen LogP contribution in [0.4, 0.5) is 0 Å². The van der Waals surface area contributed by atoms with Crippen LogP contribution in [0.3, 0.4) is 0 Å². The van der Waals surface area contributed by atoms with Gasteiger partial charge in [-0.15, -0.1) is 0 Å². The lowest BCUT2D eigenvalue weighted by atomic mass is 9.37. The summed E-state index contributed by atoms with van der Waals surface area (Å²) < 4.78 is 0. The van der Waals surface area contributed by atoms with Gasteiger partial charge in [0.25, 0.3) is 0 Å². The van der Waals surface area contributed by atoms with Crippen LogP contribution in [-0.2, 0) is 0 Å². The SMILES string of the molecule is CC1CC2CC13CCCCCC1(CC2C2CCC4CC(C)C41CC2)C3. The molecule has 140 valence electrons. The summed E-state index contributed by atoms with van der Waals surface area (Å²) in [6.07, 6.45) is 22.5. The molecule has 3 spiro atoms. The molecule has 6 aliphatic carbocycles. The highest BCUT2D eigenvalue weighted by Crippen LogP contribution is 2.78. The third-order valence-corrected chi connectivity index (χ3v) is 11.8. The van der Waals surface area contributed by atoms with Crippen molar-refractivity contribution in [3.63, 3.8) is 0 Å². The minimum absolute atomic E-state index is 0.763. The van der Waals surface area contributed by atoms with E-state index in [1.165, 1.54) is 0 Å². The number of rotatable bonds is 0. The summed E-state index contributed by atoms with van der Waals surface area (Å²) in [5.41, 5.74) is 2.31. The van der Waals surface area contributed by atoms with Gasteiger partial charge in [0.05, 0.1) is 0 Å². The molecule has 0 aromatic rings. The summed E-state index contributed by atoms with van der Waals surface area (Å²) in [6.45, 7) is 5.37. The zero-order chi connectivity index (χ0) is 16.9. The van der Waals surface area contributed by atoms with Gasteiger partial charge in [-0.25, -0.2) is 0 Å². The number of fused-ring (bicyclic) bond motifs is 6. The van der Waals surface area contributed by atoms with Gasteiger partial charge in [-0.1, -0.05) is 33.1 Å². The standard InChI is InChI=1S/C25H40/c1-17-12-20-14-23(17)9-4-3-5-10-24(16-23)15-22(20)19-6-7-21-13-18(2)25(21,24)11-8-19/h17-22H,3-16H2,1-2H3. The third kappa shape index (κ3) is 1.81. The summed E-state index contributed by atoms with van der Waals surface area (Å²) in [4.78, 5) is 0. The Morgan fingerprint density at radius 3 is 2.48 bits per heavy atom. The van der Waals surface area contributed by atoms with E-state index in [0.29, 0.717) is 0 Å². The van der Waals surface area contributed by atoms with Gasteiger partial charge < -0.3 is 0 Å². The molecule has 25 heavy (non-hydrogen) atoms. The summed E-state index contributed by atoms with van der Waals surface area (Å²) in [7, 11) is 0. The average molecular weight is 341 g/mol. The molecule has 0 saturated heterocycles. The average Bonchev–Trinajstić information content (AvgIpc) is 2.71. The van der Waals surface area contributed by atoms with E-state index in [2.05, 4.69) is 13.8 Å². The smallest absolute Gasteiger partial charge is 0.0186 e. The van der Waals surface area contributed by atoms with Crippen molar-refractivity contribution in [2.24, 2.45) is 51.8 Å². The zero-order valence-corrected chi connectivity index (χ0v) is 16.9. The van der Waals surface area contributed by atoms with Gasteiger partial charge in [-0.2, -0.15) is 0 Å². The van der Waals surface area contributed by atoms with Crippen molar-refractivity contribution in [3.05, 3.63) is 0 Å². The fourth-order valence-electron chi connectivity index (χ4n) is 10.9. The second-order valence-electron chi connectivity index (χ2n) is 12.1. The van der Waals surface area contributed by atoms with Crippen molar-refractivity contribution in [1.82, 2.24) is 0 Å². The summed E-state index contributed by atoms with van der Waals surface area (Å²) in [6, 6.07) is 0. The van der Waals surface area contributed by atoms with Crippen LogP contribution in [0.15, 0.2) is 0 Å². The van der Waals surface area contributed by atoms with E-state index in [4.69, 9.17) is 0 Å². The molecule has 6 bridgehead atoms. The maximum atomic E-state index is 2.68. The normalized spacial score (nSPS) is 62.6. The first-order chi connectivity index (χ1) is 12.1. The summed E-state index contributed by atoms with van der Waals surface area (Å²) in [5, 5.41) is 0. The molecule has 0 aromatic carbocycles. The Bertz CT molecular complexity index is 564. The van der Waals surface area contributed by atoms with E-state index in [9.17, 15) is 0 Å². The Morgan fingerprint density at radius 1 is 0.720 bits per heavy atom. The molecule has 0 aliphatic heterocycles. The van der Waals surface area contributed by atoms with E-state index in [0.717, 1.165) is 51.8 Å². The fourth-order valence-corrected chi connectivity index (χ4v) is 10.9. The van der Waals surface area contributed by atoms with Gasteiger partial charge in [0, 0.05) is 0 Å². The van der Waals surface area contributed by atoms with E-state index >= 15 is 0 Å². The predicted octanol–water partition coefficient (Wildman–Crippen LogP) is 7.23. The topological polar surface area (TPSA) is 0 Å². The van der Waals surface area contributed by atoms with Gasteiger partial charge >= 0.3 is 0 Å². The highest BCUT2D eigenvalue weighted by atomic mass is 14.7. The fraction of sp³-hybridized carbons (Fsp3) is 1.00. The Balaban J connectivity index is 1.56. The molecule has 9 unspecified atom stereocenters. The van der Waals surface area contributed by atoms with Gasteiger partial charge in [-0.05, 0) is 122 Å². The minimum Gasteiger partial charge on any atom is -0.0620 e. The first-order valence-electron chi connectivity index (χ1n) is 12.1. The molecule has 6 rings (SSSR count). The molecule has 0 amide bonds. The molecule has 9 atom stereocenters. The lowest BCUT2D eigenvalue weighted by Crippen LogP contribution is -2.60. The number of hydrogen-bond donors (Lipinski definition) is 0. The van der Waals surface area contributed by atoms with Crippen molar-refractivity contribution in [1.29, 1.82) is 0 Å². The maximum Gasteiger partial charge on any atom is -0.0186 e. The zero-order valence-electron chi connectivity index (χ0n) is 16.9. The summed E-state index contributed by atoms with van der Waals surface area (Å²) in [5.74, 6) is 6.54. The van der Waals surface area contributed by atoms with Crippen molar-refractivity contribution in [3.8, 4) is 0 Å². The molecule has 0 nitrogen and oxygen atoms in total. The third-order valence-electron chi connectivity index (χ3n) is 11.8. The number of hydrogen-bond acceptors (Lipinski definition) is 0. The van der Waals surface area contributed by atoms with E-state index in [1.807, 2.05) is 0 Å². The molecule has 6 fully saturated rings. The largest absolute Gasteiger partial charge is 0.0620 e. The van der Waals surface area contributed by atoms with E-state index in [1.54, 1.807) is 89.9 Å². The van der Waals surface area contributed by atoms with Gasteiger partial charge in [0.15, 0.2) is 0 Å². The molecule has 0 heterocycles. The van der Waals surface area contributed by atoms with Crippen LogP contribution in [0.25, 0.3) is 0 Å². The minimum atomic E-state index is 0.763. The second-order valence-corrected chi connectivity index (χ2v) is 12.1. The van der Waals surface area contributed by atoms with Crippen LogP contribution in [0.1, 0.15) is 104 Å².